The molecule has 1 atom stereocenters. The van der Waals surface area contributed by atoms with Crippen LogP contribution >= 0.6 is 22.9 Å². The molecule has 0 aliphatic carbocycles. The van der Waals surface area contributed by atoms with Crippen molar-refractivity contribution < 1.29 is 18.0 Å². The molecule has 0 saturated heterocycles. The van der Waals surface area contributed by atoms with Gasteiger partial charge < -0.3 is 5.32 Å². The maximum Gasteiger partial charge on any atom is 0.471 e. The van der Waals surface area contributed by atoms with Gasteiger partial charge in [0, 0.05) is 4.88 Å². The first-order valence-electron chi connectivity index (χ1n) is 3.93. The summed E-state index contributed by atoms with van der Waals surface area (Å²) in [5.74, 6) is -1.94. The van der Waals surface area contributed by atoms with E-state index in [-0.39, 0.29) is 0 Å². The molecule has 0 fully saturated rings. The zero-order valence-corrected chi connectivity index (χ0v) is 9.13. The maximum absolute atomic E-state index is 11.9. The van der Waals surface area contributed by atoms with E-state index in [2.05, 4.69) is 0 Å². The Labute approximate surface area is 93.0 Å². The van der Waals surface area contributed by atoms with Gasteiger partial charge in [-0.3, -0.25) is 4.79 Å². The molecule has 0 aliphatic rings. The first-order chi connectivity index (χ1) is 6.80. The summed E-state index contributed by atoms with van der Waals surface area (Å²) in [6, 6.07) is 2.45. The lowest BCUT2D eigenvalue weighted by atomic mass is 10.3. The van der Waals surface area contributed by atoms with Gasteiger partial charge >= 0.3 is 12.1 Å². The fourth-order valence-electron chi connectivity index (χ4n) is 0.911. The lowest BCUT2D eigenvalue weighted by Gasteiger charge is -2.13. The minimum Gasteiger partial charge on any atom is -0.341 e. The minimum atomic E-state index is -4.85. The van der Waals surface area contributed by atoms with Gasteiger partial charge in [-0.25, -0.2) is 0 Å². The summed E-state index contributed by atoms with van der Waals surface area (Å²) in [6.45, 7) is 1.46. The fourth-order valence-corrected chi connectivity index (χ4v) is 1.97. The lowest BCUT2D eigenvalue weighted by Crippen LogP contribution is -2.37. The Balaban J connectivity index is 2.64. The number of thiophene rings is 1. The van der Waals surface area contributed by atoms with Crippen LogP contribution in [0.5, 0.6) is 0 Å². The smallest absolute Gasteiger partial charge is 0.341 e. The van der Waals surface area contributed by atoms with Crippen molar-refractivity contribution in [3.63, 3.8) is 0 Å². The predicted molar refractivity (Wildman–Crippen MR) is 51.9 cm³/mol. The molecule has 7 heteroatoms. The van der Waals surface area contributed by atoms with E-state index in [1.807, 2.05) is 5.32 Å². The molecule has 1 amide bonds. The van der Waals surface area contributed by atoms with Gasteiger partial charge in [-0.05, 0) is 19.1 Å². The molecule has 1 rings (SSSR count). The van der Waals surface area contributed by atoms with Gasteiger partial charge in [-0.15, -0.1) is 11.3 Å². The molecule has 15 heavy (non-hydrogen) atoms. The van der Waals surface area contributed by atoms with Crippen molar-refractivity contribution in [3.8, 4) is 0 Å². The van der Waals surface area contributed by atoms with Crippen molar-refractivity contribution in [3.05, 3.63) is 21.3 Å². The highest BCUT2D eigenvalue weighted by molar-refractivity contribution is 7.16. The summed E-state index contributed by atoms with van der Waals surface area (Å²) in [4.78, 5) is 11.2. The molecular weight excluding hydrogens is 251 g/mol. The van der Waals surface area contributed by atoms with Crippen molar-refractivity contribution in [2.24, 2.45) is 0 Å². The molecule has 1 unspecified atom stereocenters. The highest BCUT2D eigenvalue weighted by Crippen LogP contribution is 2.27. The molecule has 0 radical (unpaired) electrons. The fraction of sp³-hybridized carbons (Fsp3) is 0.375. The molecular formula is C8H7ClF3NOS. The molecule has 0 aromatic carbocycles. The van der Waals surface area contributed by atoms with Crippen LogP contribution in [0.4, 0.5) is 13.2 Å². The van der Waals surface area contributed by atoms with Crippen LogP contribution in [0.2, 0.25) is 4.34 Å². The van der Waals surface area contributed by atoms with Crippen LogP contribution in [0, 0.1) is 0 Å². The van der Waals surface area contributed by atoms with E-state index in [9.17, 15) is 18.0 Å². The maximum atomic E-state index is 11.9. The van der Waals surface area contributed by atoms with Crippen LogP contribution in [0.3, 0.4) is 0 Å². The first-order valence-corrected chi connectivity index (χ1v) is 5.13. The monoisotopic (exact) mass is 257 g/mol. The van der Waals surface area contributed by atoms with Gasteiger partial charge in [0.1, 0.15) is 0 Å². The minimum absolute atomic E-state index is 0.470. The summed E-state index contributed by atoms with van der Waals surface area (Å²) in [7, 11) is 0. The Morgan fingerprint density at radius 1 is 1.53 bits per heavy atom. The Morgan fingerprint density at radius 2 is 2.13 bits per heavy atom. The third kappa shape index (κ3) is 3.39. The van der Waals surface area contributed by atoms with Gasteiger partial charge in [0.2, 0.25) is 0 Å². The van der Waals surface area contributed by atoms with Crippen LogP contribution in [-0.2, 0) is 4.79 Å². The molecule has 0 aliphatic heterocycles. The van der Waals surface area contributed by atoms with Crippen LogP contribution in [0.15, 0.2) is 12.1 Å². The quantitative estimate of drug-likeness (QED) is 0.866. The molecule has 0 bridgehead atoms. The number of hydrogen-bond donors (Lipinski definition) is 1. The Morgan fingerprint density at radius 3 is 2.53 bits per heavy atom. The topological polar surface area (TPSA) is 29.1 Å². The summed E-state index contributed by atoms with van der Waals surface area (Å²) in [6.07, 6.45) is -4.85. The van der Waals surface area contributed by atoms with E-state index >= 15 is 0 Å². The SMILES string of the molecule is CC(NC(=O)C(F)(F)F)c1ccc(Cl)s1. The van der Waals surface area contributed by atoms with E-state index in [0.29, 0.717) is 9.21 Å². The van der Waals surface area contributed by atoms with E-state index < -0.39 is 18.1 Å². The number of halogens is 4. The van der Waals surface area contributed by atoms with Gasteiger partial charge in [0.15, 0.2) is 0 Å². The van der Waals surface area contributed by atoms with Crippen molar-refractivity contribution in [2.45, 2.75) is 19.1 Å². The predicted octanol–water partition coefficient (Wildman–Crippen LogP) is 3.14. The standard InChI is InChI=1S/C8H7ClF3NOS/c1-4(5-2-3-6(9)15-5)13-7(14)8(10,11)12/h2-4H,1H3,(H,13,14). The third-order valence-electron chi connectivity index (χ3n) is 1.63. The van der Waals surface area contributed by atoms with Gasteiger partial charge in [0.05, 0.1) is 10.4 Å². The number of hydrogen-bond acceptors (Lipinski definition) is 2. The van der Waals surface area contributed by atoms with Crippen LogP contribution < -0.4 is 5.32 Å². The second-order valence-corrected chi connectivity index (χ2v) is 4.58. The number of carbonyl (C=O) groups excluding carboxylic acids is 1. The second kappa shape index (κ2) is 4.40. The highest BCUT2D eigenvalue weighted by atomic mass is 35.5. The van der Waals surface area contributed by atoms with E-state index in [0.717, 1.165) is 11.3 Å². The van der Waals surface area contributed by atoms with Crippen LogP contribution in [0.1, 0.15) is 17.8 Å². The average molecular weight is 258 g/mol. The van der Waals surface area contributed by atoms with E-state index in [4.69, 9.17) is 11.6 Å². The number of carbonyl (C=O) groups is 1. The zero-order valence-electron chi connectivity index (χ0n) is 7.56. The van der Waals surface area contributed by atoms with Crippen LogP contribution in [-0.4, -0.2) is 12.1 Å². The van der Waals surface area contributed by atoms with Crippen LogP contribution in [0.25, 0.3) is 0 Å². The zero-order chi connectivity index (χ0) is 11.6. The molecule has 1 heterocycles. The lowest BCUT2D eigenvalue weighted by molar-refractivity contribution is -0.174. The largest absolute Gasteiger partial charge is 0.471 e. The number of amides is 1. The summed E-state index contributed by atoms with van der Waals surface area (Å²) in [5.41, 5.74) is 0. The highest BCUT2D eigenvalue weighted by Gasteiger charge is 2.39. The first kappa shape index (κ1) is 12.3. The molecule has 1 N–H and O–H groups in total. The summed E-state index contributed by atoms with van der Waals surface area (Å²) >= 11 is 6.75. The van der Waals surface area contributed by atoms with Crippen molar-refractivity contribution in [2.75, 3.05) is 0 Å². The van der Waals surface area contributed by atoms with Gasteiger partial charge in [-0.2, -0.15) is 13.2 Å². The Hall–Kier alpha value is -0.750. The summed E-state index contributed by atoms with van der Waals surface area (Å²) in [5, 5.41) is 1.84. The molecule has 1 aromatic rings. The Bertz CT molecular complexity index is 363. The molecule has 84 valence electrons. The number of nitrogens with one attached hydrogen (secondary N) is 1. The van der Waals surface area contributed by atoms with Crippen molar-refractivity contribution >= 4 is 28.8 Å². The second-order valence-electron chi connectivity index (χ2n) is 2.83. The van der Waals surface area contributed by atoms with Gasteiger partial charge in [-0.1, -0.05) is 11.6 Å². The average Bonchev–Trinajstić information content (AvgIpc) is 2.50. The molecule has 0 saturated carbocycles. The number of alkyl halides is 3. The van der Waals surface area contributed by atoms with E-state index in [1.54, 1.807) is 12.1 Å². The normalized spacial score (nSPS) is 13.7. The van der Waals surface area contributed by atoms with Crippen molar-refractivity contribution in [1.82, 2.24) is 5.32 Å². The third-order valence-corrected chi connectivity index (χ3v) is 3.04. The molecule has 2 nitrogen and oxygen atoms in total. The van der Waals surface area contributed by atoms with Crippen molar-refractivity contribution in [1.29, 1.82) is 0 Å². The number of rotatable bonds is 2. The van der Waals surface area contributed by atoms with E-state index in [1.165, 1.54) is 6.92 Å². The summed E-state index contributed by atoms with van der Waals surface area (Å²) < 4.78 is 36.2. The van der Waals surface area contributed by atoms with Gasteiger partial charge in [0.25, 0.3) is 0 Å². The molecule has 1 aromatic heterocycles. The Kier molecular flexibility index (Phi) is 3.62. The molecule has 0 spiro atoms.